The number of rotatable bonds is 5. The van der Waals surface area contributed by atoms with Crippen molar-refractivity contribution in [3.63, 3.8) is 0 Å². The van der Waals surface area contributed by atoms with Gasteiger partial charge in [-0.25, -0.2) is 4.79 Å². The molecule has 21 heavy (non-hydrogen) atoms. The predicted octanol–water partition coefficient (Wildman–Crippen LogP) is 1.91. The molecule has 0 saturated carbocycles. The molecule has 1 aliphatic rings. The minimum Gasteiger partial charge on any atom is -0.490 e. The van der Waals surface area contributed by atoms with Crippen LogP contribution in [0.15, 0.2) is 24.3 Å². The quantitative estimate of drug-likeness (QED) is 0.471. The minimum absolute atomic E-state index is 0.196. The zero-order valence-corrected chi connectivity index (χ0v) is 12.5. The Bertz CT molecular complexity index is 490. The molecule has 0 N–H and O–H groups in total. The first-order valence-electron chi connectivity index (χ1n) is 7.27. The summed E-state index contributed by atoms with van der Waals surface area (Å²) in [7, 11) is 2.10. The van der Waals surface area contributed by atoms with E-state index in [-0.39, 0.29) is 12.7 Å². The SMILES string of the molecule is CCOC(=O)C(=O)c1ccc(OC2CCN(C)CC2)cc1. The lowest BCUT2D eigenvalue weighted by Gasteiger charge is -2.29. The van der Waals surface area contributed by atoms with Crippen LogP contribution in [0.5, 0.6) is 5.75 Å². The molecule has 2 rings (SSSR count). The maximum Gasteiger partial charge on any atom is 0.379 e. The largest absolute Gasteiger partial charge is 0.490 e. The number of hydrogen-bond acceptors (Lipinski definition) is 5. The number of piperidine rings is 1. The van der Waals surface area contributed by atoms with Crippen LogP contribution in [-0.4, -0.2) is 49.5 Å². The van der Waals surface area contributed by atoms with Gasteiger partial charge < -0.3 is 14.4 Å². The van der Waals surface area contributed by atoms with Gasteiger partial charge in [-0.2, -0.15) is 0 Å². The number of ether oxygens (including phenoxy) is 2. The summed E-state index contributed by atoms with van der Waals surface area (Å²) in [6, 6.07) is 6.66. The Kier molecular flexibility index (Phi) is 5.33. The Balaban J connectivity index is 1.92. The highest BCUT2D eigenvalue weighted by molar-refractivity contribution is 6.40. The molecule has 0 amide bonds. The molecule has 5 nitrogen and oxygen atoms in total. The zero-order chi connectivity index (χ0) is 15.2. The van der Waals surface area contributed by atoms with E-state index >= 15 is 0 Å². The van der Waals surface area contributed by atoms with E-state index in [9.17, 15) is 9.59 Å². The van der Waals surface area contributed by atoms with Gasteiger partial charge >= 0.3 is 5.97 Å². The molecule has 1 saturated heterocycles. The number of likely N-dealkylation sites (tertiary alicyclic amines) is 1. The molecule has 114 valence electrons. The van der Waals surface area contributed by atoms with Crippen molar-refractivity contribution in [2.45, 2.75) is 25.9 Å². The van der Waals surface area contributed by atoms with Gasteiger partial charge in [0.25, 0.3) is 5.78 Å². The topological polar surface area (TPSA) is 55.8 Å². The summed E-state index contributed by atoms with van der Waals surface area (Å²) >= 11 is 0. The van der Waals surface area contributed by atoms with Crippen LogP contribution in [0.25, 0.3) is 0 Å². The van der Waals surface area contributed by atoms with Crippen LogP contribution >= 0.6 is 0 Å². The normalized spacial score (nSPS) is 16.5. The molecule has 0 bridgehead atoms. The number of Topliss-reactive ketones (excluding diaryl/α,β-unsaturated/α-hetero) is 1. The van der Waals surface area contributed by atoms with Gasteiger partial charge in [-0.1, -0.05) is 0 Å². The molecule has 1 aromatic rings. The second-order valence-electron chi connectivity index (χ2n) is 5.19. The molecule has 0 radical (unpaired) electrons. The predicted molar refractivity (Wildman–Crippen MR) is 78.6 cm³/mol. The Hall–Kier alpha value is -1.88. The first-order valence-corrected chi connectivity index (χ1v) is 7.27. The van der Waals surface area contributed by atoms with Crippen molar-refractivity contribution in [3.8, 4) is 5.75 Å². The molecule has 1 aliphatic heterocycles. The number of hydrogen-bond donors (Lipinski definition) is 0. The third kappa shape index (κ3) is 4.29. The fraction of sp³-hybridized carbons (Fsp3) is 0.500. The Morgan fingerprint density at radius 2 is 1.81 bits per heavy atom. The van der Waals surface area contributed by atoms with Crippen LogP contribution < -0.4 is 4.74 Å². The van der Waals surface area contributed by atoms with E-state index in [1.54, 1.807) is 31.2 Å². The fourth-order valence-corrected chi connectivity index (χ4v) is 2.29. The van der Waals surface area contributed by atoms with E-state index in [2.05, 4.69) is 11.9 Å². The van der Waals surface area contributed by atoms with Gasteiger partial charge in [0.2, 0.25) is 0 Å². The highest BCUT2D eigenvalue weighted by atomic mass is 16.5. The van der Waals surface area contributed by atoms with Gasteiger partial charge in [-0.05, 0) is 51.1 Å². The standard InChI is InChI=1S/C16H21NO4/c1-3-20-16(19)15(18)12-4-6-13(7-5-12)21-14-8-10-17(2)11-9-14/h4-7,14H,3,8-11H2,1-2H3. The van der Waals surface area contributed by atoms with Crippen molar-refractivity contribution in [2.75, 3.05) is 26.7 Å². The number of nitrogens with zero attached hydrogens (tertiary/aromatic N) is 1. The molecule has 0 unspecified atom stereocenters. The third-order valence-corrected chi connectivity index (χ3v) is 3.55. The van der Waals surface area contributed by atoms with Gasteiger partial charge in [0.05, 0.1) is 6.61 Å². The number of esters is 1. The van der Waals surface area contributed by atoms with Gasteiger partial charge in [-0.15, -0.1) is 0 Å². The molecule has 0 spiro atoms. The maximum absolute atomic E-state index is 11.8. The van der Waals surface area contributed by atoms with Crippen LogP contribution in [0.2, 0.25) is 0 Å². The van der Waals surface area contributed by atoms with Crippen LogP contribution in [0.1, 0.15) is 30.1 Å². The summed E-state index contributed by atoms with van der Waals surface area (Å²) in [6.45, 7) is 3.93. The van der Waals surface area contributed by atoms with Crippen molar-refractivity contribution in [2.24, 2.45) is 0 Å². The van der Waals surface area contributed by atoms with Gasteiger partial charge in [0.15, 0.2) is 0 Å². The lowest BCUT2D eigenvalue weighted by molar-refractivity contribution is -0.137. The lowest BCUT2D eigenvalue weighted by Crippen LogP contribution is -2.35. The van der Waals surface area contributed by atoms with E-state index in [0.29, 0.717) is 5.56 Å². The van der Waals surface area contributed by atoms with E-state index < -0.39 is 11.8 Å². The average molecular weight is 291 g/mol. The minimum atomic E-state index is -0.818. The van der Waals surface area contributed by atoms with Crippen molar-refractivity contribution in [3.05, 3.63) is 29.8 Å². The highest BCUT2D eigenvalue weighted by Crippen LogP contribution is 2.19. The molecular formula is C16H21NO4. The summed E-state index contributed by atoms with van der Waals surface area (Å²) in [5.41, 5.74) is 0.323. The van der Waals surface area contributed by atoms with Crippen molar-refractivity contribution in [1.82, 2.24) is 4.90 Å². The summed E-state index contributed by atoms with van der Waals surface area (Å²) in [5.74, 6) is -0.714. The van der Waals surface area contributed by atoms with Crippen LogP contribution in [0.3, 0.4) is 0 Å². The summed E-state index contributed by atoms with van der Waals surface area (Å²) < 4.78 is 10.6. The van der Waals surface area contributed by atoms with Crippen LogP contribution in [0, 0.1) is 0 Å². The summed E-state index contributed by atoms with van der Waals surface area (Å²) in [4.78, 5) is 25.4. The molecule has 0 aliphatic carbocycles. The second kappa shape index (κ2) is 7.22. The molecule has 1 fully saturated rings. The zero-order valence-electron chi connectivity index (χ0n) is 12.5. The molecule has 0 aromatic heterocycles. The summed E-state index contributed by atoms with van der Waals surface area (Å²) in [5, 5.41) is 0. The maximum atomic E-state index is 11.8. The average Bonchev–Trinajstić information content (AvgIpc) is 2.50. The number of benzene rings is 1. The molecule has 0 atom stereocenters. The Morgan fingerprint density at radius 3 is 2.38 bits per heavy atom. The number of carbonyl (C=O) groups is 2. The van der Waals surface area contributed by atoms with Gasteiger partial charge in [-0.3, -0.25) is 4.79 Å². The smallest absolute Gasteiger partial charge is 0.379 e. The van der Waals surface area contributed by atoms with E-state index in [1.165, 1.54) is 0 Å². The lowest BCUT2D eigenvalue weighted by atomic mass is 10.1. The number of ketones is 1. The van der Waals surface area contributed by atoms with E-state index in [1.807, 2.05) is 0 Å². The molecule has 1 heterocycles. The molecular weight excluding hydrogens is 270 g/mol. The second-order valence-corrected chi connectivity index (χ2v) is 5.19. The monoisotopic (exact) mass is 291 g/mol. The Morgan fingerprint density at radius 1 is 1.19 bits per heavy atom. The van der Waals surface area contributed by atoms with Crippen molar-refractivity contribution >= 4 is 11.8 Å². The van der Waals surface area contributed by atoms with E-state index in [4.69, 9.17) is 9.47 Å². The van der Waals surface area contributed by atoms with Crippen LogP contribution in [0.4, 0.5) is 0 Å². The first kappa shape index (κ1) is 15.5. The van der Waals surface area contributed by atoms with Crippen molar-refractivity contribution < 1.29 is 19.1 Å². The molecule has 5 heteroatoms. The first-order chi connectivity index (χ1) is 10.1. The van der Waals surface area contributed by atoms with E-state index in [0.717, 1.165) is 31.7 Å². The van der Waals surface area contributed by atoms with Crippen LogP contribution in [-0.2, 0) is 9.53 Å². The highest BCUT2D eigenvalue weighted by Gasteiger charge is 2.19. The number of carbonyl (C=O) groups excluding carboxylic acids is 2. The van der Waals surface area contributed by atoms with Gasteiger partial charge in [0, 0.05) is 18.7 Å². The molecule has 1 aromatic carbocycles. The third-order valence-electron chi connectivity index (χ3n) is 3.55. The van der Waals surface area contributed by atoms with Crippen molar-refractivity contribution in [1.29, 1.82) is 0 Å². The van der Waals surface area contributed by atoms with Gasteiger partial charge in [0.1, 0.15) is 11.9 Å². The Labute approximate surface area is 124 Å². The fourth-order valence-electron chi connectivity index (χ4n) is 2.29. The summed E-state index contributed by atoms with van der Waals surface area (Å²) in [6.07, 6.45) is 2.22.